The van der Waals surface area contributed by atoms with E-state index in [1.54, 1.807) is 41.3 Å². The van der Waals surface area contributed by atoms with Crippen LogP contribution < -0.4 is 15.5 Å². The number of benzene rings is 2. The maximum atomic E-state index is 14.2. The van der Waals surface area contributed by atoms with Crippen LogP contribution in [0, 0.1) is 0 Å². The number of nitrogens with zero attached hydrogens (tertiary/aromatic N) is 1. The van der Waals surface area contributed by atoms with Crippen molar-refractivity contribution < 1.29 is 28.6 Å². The summed E-state index contributed by atoms with van der Waals surface area (Å²) in [6.07, 6.45) is 0.318. The lowest BCUT2D eigenvalue weighted by Crippen LogP contribution is -2.49. The van der Waals surface area contributed by atoms with E-state index in [-0.39, 0.29) is 13.2 Å². The maximum absolute atomic E-state index is 14.2. The summed E-state index contributed by atoms with van der Waals surface area (Å²) in [5.41, 5.74) is 3.67. The second-order valence-electron chi connectivity index (χ2n) is 7.04. The highest BCUT2D eigenvalue weighted by molar-refractivity contribution is 7.64. The lowest BCUT2D eigenvalue weighted by Gasteiger charge is -2.39. The molecule has 0 saturated heterocycles. The van der Waals surface area contributed by atoms with Gasteiger partial charge in [-0.1, -0.05) is 24.3 Å². The number of carbonyl (C=O) groups excluding carboxylic acids is 1. The van der Waals surface area contributed by atoms with E-state index in [1.165, 1.54) is 0 Å². The van der Waals surface area contributed by atoms with E-state index in [1.807, 2.05) is 31.2 Å². The van der Waals surface area contributed by atoms with Gasteiger partial charge in [0.1, 0.15) is 18.4 Å². The molecule has 1 aliphatic heterocycles. The summed E-state index contributed by atoms with van der Waals surface area (Å²) in [6, 6.07) is 13.7. The Balaban J connectivity index is 1.91. The number of hydrogen-bond acceptors (Lipinski definition) is 6. The van der Waals surface area contributed by atoms with Crippen LogP contribution in [0.3, 0.4) is 0 Å². The Labute approximate surface area is 182 Å². The first kappa shape index (κ1) is 23.4. The summed E-state index contributed by atoms with van der Waals surface area (Å²) >= 11 is 0. The van der Waals surface area contributed by atoms with Crippen molar-refractivity contribution in [3.05, 3.63) is 59.7 Å². The molecule has 9 heteroatoms. The Morgan fingerprint density at radius 3 is 2.45 bits per heavy atom. The van der Waals surface area contributed by atoms with E-state index in [0.717, 1.165) is 11.1 Å². The molecule has 3 rings (SSSR count). The second-order valence-corrected chi connectivity index (χ2v) is 9.37. The first-order valence-electron chi connectivity index (χ1n) is 10.4. The molecule has 2 N–H and O–H groups in total. The smallest absolute Gasteiger partial charge is 0.303 e. The third-order valence-electron chi connectivity index (χ3n) is 5.14. The van der Waals surface area contributed by atoms with Crippen molar-refractivity contribution in [1.82, 2.24) is 10.2 Å². The van der Waals surface area contributed by atoms with Gasteiger partial charge in [0.2, 0.25) is 0 Å². The van der Waals surface area contributed by atoms with Gasteiger partial charge in [-0.2, -0.15) is 0 Å². The van der Waals surface area contributed by atoms with Gasteiger partial charge in [0, 0.05) is 13.2 Å². The van der Waals surface area contributed by atoms with E-state index in [0.29, 0.717) is 37.3 Å². The molecule has 0 radical (unpaired) electrons. The first-order chi connectivity index (χ1) is 15.0. The predicted molar refractivity (Wildman–Crippen MR) is 117 cm³/mol. The number of amides is 1. The zero-order chi connectivity index (χ0) is 22.3. The minimum Gasteiger partial charge on any atom is -0.491 e. The largest absolute Gasteiger partial charge is 0.491 e. The van der Waals surface area contributed by atoms with Crippen LogP contribution in [0.25, 0.3) is 0 Å². The van der Waals surface area contributed by atoms with Gasteiger partial charge >= 0.3 is 7.52 Å². The molecule has 2 aromatic rings. The molecule has 1 amide bonds. The minimum absolute atomic E-state index is 0.204. The highest BCUT2D eigenvalue weighted by atomic mass is 31.2. The van der Waals surface area contributed by atoms with Crippen molar-refractivity contribution in [1.29, 1.82) is 0 Å². The normalized spacial score (nSPS) is 18.1. The molecule has 168 valence electrons. The van der Waals surface area contributed by atoms with Gasteiger partial charge < -0.3 is 14.0 Å². The Bertz CT molecular complexity index is 920. The number of rotatable bonds is 10. The van der Waals surface area contributed by atoms with Crippen LogP contribution in [-0.4, -0.2) is 48.3 Å². The van der Waals surface area contributed by atoms with Crippen LogP contribution in [0.15, 0.2) is 48.5 Å². The van der Waals surface area contributed by atoms with Crippen LogP contribution >= 0.6 is 7.52 Å². The first-order valence-corrected chi connectivity index (χ1v) is 11.9. The molecule has 1 heterocycles. The maximum Gasteiger partial charge on any atom is 0.303 e. The van der Waals surface area contributed by atoms with Crippen molar-refractivity contribution >= 4 is 18.7 Å². The Morgan fingerprint density at radius 2 is 1.81 bits per heavy atom. The summed E-state index contributed by atoms with van der Waals surface area (Å²) in [5.74, 6) is 0.00505. The number of fused-ring (bicyclic) bond motifs is 1. The van der Waals surface area contributed by atoms with Gasteiger partial charge in [0.25, 0.3) is 5.91 Å². The zero-order valence-electron chi connectivity index (χ0n) is 17.8. The minimum atomic E-state index is -3.60. The van der Waals surface area contributed by atoms with Gasteiger partial charge in [0.15, 0.2) is 0 Å². The fourth-order valence-corrected chi connectivity index (χ4v) is 6.02. The third-order valence-corrected chi connectivity index (χ3v) is 7.80. The fraction of sp³-hybridized carbons (Fsp3) is 0.409. The molecule has 8 nitrogen and oxygen atoms in total. The van der Waals surface area contributed by atoms with Gasteiger partial charge in [-0.3, -0.25) is 14.6 Å². The number of carbonyl (C=O) groups is 1. The lowest BCUT2D eigenvalue weighted by atomic mass is 9.95. The second kappa shape index (κ2) is 10.9. The summed E-state index contributed by atoms with van der Waals surface area (Å²) in [7, 11) is -3.60. The summed E-state index contributed by atoms with van der Waals surface area (Å²) in [6.45, 7) is 5.67. The molecule has 0 fully saturated rings. The zero-order valence-corrected chi connectivity index (χ0v) is 18.7. The number of hydroxylamine groups is 1. The van der Waals surface area contributed by atoms with Crippen molar-refractivity contribution in [2.24, 2.45) is 0 Å². The molecule has 1 aliphatic rings. The third kappa shape index (κ3) is 5.34. The quantitative estimate of drug-likeness (QED) is 0.250. The molecule has 2 atom stereocenters. The average Bonchev–Trinajstić information content (AvgIpc) is 2.81. The monoisotopic (exact) mass is 448 g/mol. The fourth-order valence-electron chi connectivity index (χ4n) is 3.65. The van der Waals surface area contributed by atoms with E-state index in [2.05, 4.69) is 0 Å². The SMILES string of the molecule is CCOCCOc1ccc(P(=O)(OCC)N2Cc3ccccc3C[C@@H]2C(=O)NO)cc1. The topological polar surface area (TPSA) is 97.3 Å². The Kier molecular flexibility index (Phi) is 8.23. The van der Waals surface area contributed by atoms with Crippen molar-refractivity contribution in [3.63, 3.8) is 0 Å². The number of ether oxygens (including phenoxy) is 2. The van der Waals surface area contributed by atoms with Crippen LogP contribution in [0.1, 0.15) is 25.0 Å². The van der Waals surface area contributed by atoms with E-state index >= 15 is 0 Å². The van der Waals surface area contributed by atoms with Crippen LogP contribution in [-0.2, 0) is 31.6 Å². The van der Waals surface area contributed by atoms with Crippen LogP contribution in [0.2, 0.25) is 0 Å². The Morgan fingerprint density at radius 1 is 1.10 bits per heavy atom. The average molecular weight is 448 g/mol. The van der Waals surface area contributed by atoms with Crippen LogP contribution in [0.4, 0.5) is 0 Å². The Hall–Kier alpha value is -2.22. The molecule has 0 bridgehead atoms. The molecule has 0 aromatic heterocycles. The number of hydrogen-bond donors (Lipinski definition) is 2. The molecular weight excluding hydrogens is 419 g/mol. The summed E-state index contributed by atoms with van der Waals surface area (Å²) in [4.78, 5) is 12.5. The number of nitrogens with one attached hydrogen (secondary N) is 1. The molecule has 0 aliphatic carbocycles. The van der Waals surface area contributed by atoms with Gasteiger partial charge in [-0.05, 0) is 55.7 Å². The van der Waals surface area contributed by atoms with Gasteiger partial charge in [-0.15, -0.1) is 0 Å². The van der Waals surface area contributed by atoms with E-state index < -0.39 is 19.5 Å². The predicted octanol–water partition coefficient (Wildman–Crippen LogP) is 2.89. The van der Waals surface area contributed by atoms with Gasteiger partial charge in [-0.25, -0.2) is 10.2 Å². The van der Waals surface area contributed by atoms with E-state index in [9.17, 15) is 14.6 Å². The lowest BCUT2D eigenvalue weighted by molar-refractivity contribution is -0.133. The molecule has 1 unspecified atom stereocenters. The molecular formula is C22H29N2O6P. The highest BCUT2D eigenvalue weighted by Gasteiger charge is 2.44. The van der Waals surface area contributed by atoms with Crippen molar-refractivity contribution in [2.45, 2.75) is 32.9 Å². The molecule has 0 saturated carbocycles. The molecule has 0 spiro atoms. The molecule has 2 aromatic carbocycles. The summed E-state index contributed by atoms with van der Waals surface area (Å²) < 4.78 is 32.5. The highest BCUT2D eigenvalue weighted by Crippen LogP contribution is 2.53. The summed E-state index contributed by atoms with van der Waals surface area (Å²) in [5, 5.41) is 9.75. The van der Waals surface area contributed by atoms with Gasteiger partial charge in [0.05, 0.1) is 18.5 Å². The van der Waals surface area contributed by atoms with Crippen molar-refractivity contribution in [3.8, 4) is 5.75 Å². The standard InChI is InChI=1S/C22H29N2O6P/c1-3-28-13-14-29-19-9-11-20(12-10-19)31(27,30-4-2)24-16-18-8-6-5-7-17(18)15-21(24)22(25)23-26/h5-12,21,26H,3-4,13-16H2,1-2H3,(H,23,25)/t21-,31?/m1/s1. The van der Waals surface area contributed by atoms with E-state index in [4.69, 9.17) is 14.0 Å². The van der Waals surface area contributed by atoms with Crippen LogP contribution in [0.5, 0.6) is 5.75 Å². The molecule has 31 heavy (non-hydrogen) atoms. The van der Waals surface area contributed by atoms with Crippen molar-refractivity contribution in [2.75, 3.05) is 26.4 Å².